The van der Waals surface area contributed by atoms with E-state index in [9.17, 15) is 42.6 Å². The van der Waals surface area contributed by atoms with Gasteiger partial charge in [-0.3, -0.25) is 14.5 Å². The Kier molecular flexibility index (Phi) is 8.24. The van der Waals surface area contributed by atoms with E-state index in [1.807, 2.05) is 0 Å². The van der Waals surface area contributed by atoms with Crippen LogP contribution in [-0.2, 0) is 39.9 Å². The Balaban J connectivity index is 1.90. The molecule has 1 aromatic carbocycles. The molecule has 3 rings (SSSR count). The third-order valence-corrected chi connectivity index (χ3v) is 5.88. The SMILES string of the molecule is CC(C)(C)OC[C@]12OC(=O)C(O)C(O)C(=O)ON(CCN1C(=O)CCCc1cc(F)c(F)c(N)c1F)C2=O. The molecule has 2 amide bonds. The molecule has 2 heterocycles. The number of ether oxygens (including phenoxy) is 2. The third kappa shape index (κ3) is 5.68. The first-order valence-electron chi connectivity index (χ1n) is 11.6. The van der Waals surface area contributed by atoms with Gasteiger partial charge < -0.3 is 30.3 Å². The molecule has 2 saturated heterocycles. The number of esters is 1. The molecular weight excluding hydrogens is 519 g/mol. The number of anilines is 1. The fourth-order valence-corrected chi connectivity index (χ4v) is 3.85. The summed E-state index contributed by atoms with van der Waals surface area (Å²) in [4.78, 5) is 57.1. The summed E-state index contributed by atoms with van der Waals surface area (Å²) < 4.78 is 52.3. The van der Waals surface area contributed by atoms with Crippen LogP contribution in [0.2, 0.25) is 0 Å². The van der Waals surface area contributed by atoms with Crippen molar-refractivity contribution >= 4 is 29.4 Å². The minimum absolute atomic E-state index is 0.116. The molecule has 2 unspecified atom stereocenters. The van der Waals surface area contributed by atoms with Crippen LogP contribution in [0.25, 0.3) is 0 Å². The molecule has 0 spiro atoms. The molecule has 0 saturated carbocycles. The first kappa shape index (κ1) is 29.1. The first-order chi connectivity index (χ1) is 17.6. The highest BCUT2D eigenvalue weighted by Crippen LogP contribution is 2.31. The predicted molar refractivity (Wildman–Crippen MR) is 120 cm³/mol. The van der Waals surface area contributed by atoms with E-state index in [1.54, 1.807) is 20.8 Å². The lowest BCUT2D eigenvalue weighted by Crippen LogP contribution is -2.71. The molecule has 2 fully saturated rings. The molecule has 2 bridgehead atoms. The molecule has 3 atom stereocenters. The summed E-state index contributed by atoms with van der Waals surface area (Å²) in [5.74, 6) is -9.14. The van der Waals surface area contributed by atoms with Gasteiger partial charge in [-0.15, -0.1) is 0 Å². The van der Waals surface area contributed by atoms with Crippen LogP contribution < -0.4 is 5.73 Å². The van der Waals surface area contributed by atoms with E-state index in [-0.39, 0.29) is 37.9 Å². The van der Waals surface area contributed by atoms with E-state index in [4.69, 9.17) is 20.0 Å². The summed E-state index contributed by atoms with van der Waals surface area (Å²) in [6.07, 6.45) is -5.56. The highest BCUT2D eigenvalue weighted by molar-refractivity contribution is 5.96. The number of piperazine rings is 1. The zero-order valence-electron chi connectivity index (χ0n) is 20.8. The smallest absolute Gasteiger partial charge is 0.364 e. The van der Waals surface area contributed by atoms with E-state index in [2.05, 4.69) is 0 Å². The average Bonchev–Trinajstić information content (AvgIpc) is 2.86. The van der Waals surface area contributed by atoms with E-state index in [1.165, 1.54) is 0 Å². The highest BCUT2D eigenvalue weighted by Gasteiger charge is 2.59. The molecule has 2 aliphatic rings. The number of fused-ring (bicyclic) bond motifs is 2. The Morgan fingerprint density at radius 2 is 1.76 bits per heavy atom. The van der Waals surface area contributed by atoms with Gasteiger partial charge >= 0.3 is 17.8 Å². The number of nitrogens with zero attached hydrogens (tertiary/aromatic N) is 2. The fourth-order valence-electron chi connectivity index (χ4n) is 3.85. The Bertz CT molecular complexity index is 1140. The average molecular weight is 547 g/mol. The zero-order chi connectivity index (χ0) is 28.6. The summed E-state index contributed by atoms with van der Waals surface area (Å²) in [5.41, 5.74) is 0.489. The number of rotatable bonds is 6. The molecule has 0 aliphatic carbocycles. The Labute approximate surface area is 215 Å². The highest BCUT2D eigenvalue weighted by atomic mass is 19.2. The maximum Gasteiger partial charge on any atom is 0.364 e. The van der Waals surface area contributed by atoms with Gasteiger partial charge in [0.15, 0.2) is 29.7 Å². The molecular formula is C23H28F3N3O9. The van der Waals surface area contributed by atoms with Gasteiger partial charge in [-0.25, -0.2) is 22.8 Å². The van der Waals surface area contributed by atoms with Gasteiger partial charge in [0, 0.05) is 13.0 Å². The van der Waals surface area contributed by atoms with Crippen LogP contribution in [0.4, 0.5) is 18.9 Å². The van der Waals surface area contributed by atoms with Crippen LogP contribution >= 0.6 is 0 Å². The number of aliphatic hydroxyl groups excluding tert-OH is 2. The van der Waals surface area contributed by atoms with Crippen molar-refractivity contribution in [3.05, 3.63) is 29.1 Å². The van der Waals surface area contributed by atoms with Gasteiger partial charge in [0.2, 0.25) is 5.91 Å². The van der Waals surface area contributed by atoms with E-state index in [0.717, 1.165) is 4.90 Å². The van der Waals surface area contributed by atoms with Crippen molar-refractivity contribution in [2.75, 3.05) is 25.4 Å². The molecule has 0 aromatic heterocycles. The van der Waals surface area contributed by atoms with Crippen molar-refractivity contribution < 1.29 is 56.9 Å². The molecule has 15 heteroatoms. The minimum Gasteiger partial charge on any atom is -0.424 e. The lowest BCUT2D eigenvalue weighted by atomic mass is 10.0. The van der Waals surface area contributed by atoms with Gasteiger partial charge in [0.1, 0.15) is 12.3 Å². The second kappa shape index (κ2) is 10.7. The first-order valence-corrected chi connectivity index (χ1v) is 11.6. The molecule has 2 aliphatic heterocycles. The van der Waals surface area contributed by atoms with Crippen molar-refractivity contribution in [2.24, 2.45) is 0 Å². The topological polar surface area (TPSA) is 169 Å². The van der Waals surface area contributed by atoms with E-state index >= 15 is 0 Å². The molecule has 1 aromatic rings. The molecule has 4 N–H and O–H groups in total. The Morgan fingerprint density at radius 3 is 2.39 bits per heavy atom. The maximum absolute atomic E-state index is 14.2. The van der Waals surface area contributed by atoms with Crippen LogP contribution in [-0.4, -0.2) is 87.2 Å². The third-order valence-electron chi connectivity index (χ3n) is 5.88. The maximum atomic E-state index is 14.2. The van der Waals surface area contributed by atoms with Crippen molar-refractivity contribution in [3.63, 3.8) is 0 Å². The van der Waals surface area contributed by atoms with Crippen LogP contribution in [0.5, 0.6) is 0 Å². The monoisotopic (exact) mass is 547 g/mol. The number of amides is 2. The van der Waals surface area contributed by atoms with Crippen LogP contribution in [0, 0.1) is 17.5 Å². The van der Waals surface area contributed by atoms with Gasteiger partial charge in [-0.1, -0.05) is 0 Å². The Hall–Kier alpha value is -3.43. The standard InChI is InChI=1S/C23H28F3N3O9/c1-22(2,3)36-10-23-21(35)29(38-20(34)18(32)17(31)19(33)37-23)8-7-28(23)13(30)6-4-5-11-9-12(24)15(26)16(27)14(11)25/h9,17-18,31-32H,4-8,10,27H2,1-3H3/t17?,18?,23-/m1/s1. The largest absolute Gasteiger partial charge is 0.424 e. The van der Waals surface area contributed by atoms with Crippen molar-refractivity contribution in [2.45, 2.75) is 63.6 Å². The number of nitrogen functional groups attached to an aromatic ring is 1. The number of nitrogens with two attached hydrogens (primary N) is 1. The molecule has 38 heavy (non-hydrogen) atoms. The van der Waals surface area contributed by atoms with Gasteiger partial charge in [-0.2, -0.15) is 5.06 Å². The molecule has 210 valence electrons. The number of halogens is 3. The summed E-state index contributed by atoms with van der Waals surface area (Å²) in [5, 5.41) is 20.5. The zero-order valence-corrected chi connectivity index (χ0v) is 20.8. The van der Waals surface area contributed by atoms with Gasteiger partial charge in [-0.05, 0) is 45.2 Å². The normalized spacial score (nSPS) is 24.4. The number of hydroxylamine groups is 2. The lowest BCUT2D eigenvalue weighted by Gasteiger charge is -2.47. The quantitative estimate of drug-likeness (QED) is 0.249. The summed E-state index contributed by atoms with van der Waals surface area (Å²) in [6, 6.07) is 0.619. The van der Waals surface area contributed by atoms with Crippen LogP contribution in [0.15, 0.2) is 6.07 Å². The van der Waals surface area contributed by atoms with Gasteiger partial charge in [0.05, 0.1) is 12.1 Å². The second-order valence-corrected chi connectivity index (χ2v) is 9.77. The number of hydrogen-bond acceptors (Lipinski definition) is 10. The number of carbonyl (C=O) groups excluding carboxylic acids is 4. The number of aryl methyl sites for hydroxylation is 1. The summed E-state index contributed by atoms with van der Waals surface area (Å²) in [7, 11) is 0. The van der Waals surface area contributed by atoms with Crippen molar-refractivity contribution in [3.8, 4) is 0 Å². The van der Waals surface area contributed by atoms with E-state index < -0.39 is 77.0 Å². The second-order valence-electron chi connectivity index (χ2n) is 9.77. The van der Waals surface area contributed by atoms with Crippen LogP contribution in [0.1, 0.15) is 39.2 Å². The number of carbonyl (C=O) groups is 4. The van der Waals surface area contributed by atoms with Crippen LogP contribution in [0.3, 0.4) is 0 Å². The van der Waals surface area contributed by atoms with Gasteiger partial charge in [0.25, 0.3) is 5.72 Å². The van der Waals surface area contributed by atoms with Crippen molar-refractivity contribution in [1.82, 2.24) is 9.96 Å². The number of benzene rings is 1. The summed E-state index contributed by atoms with van der Waals surface area (Å²) in [6.45, 7) is 3.37. The lowest BCUT2D eigenvalue weighted by molar-refractivity contribution is -0.253. The predicted octanol–water partition coefficient (Wildman–Crippen LogP) is -0.0722. The summed E-state index contributed by atoms with van der Waals surface area (Å²) >= 11 is 0. The minimum atomic E-state index is -2.54. The fraction of sp³-hybridized carbons (Fsp3) is 0.565. The van der Waals surface area contributed by atoms with Crippen molar-refractivity contribution in [1.29, 1.82) is 0 Å². The Morgan fingerprint density at radius 1 is 1.13 bits per heavy atom. The van der Waals surface area contributed by atoms with E-state index in [0.29, 0.717) is 11.1 Å². The molecule has 0 radical (unpaired) electrons. The number of hydrogen-bond donors (Lipinski definition) is 3. The number of aliphatic hydroxyl groups is 2. The molecule has 12 nitrogen and oxygen atoms in total.